The first-order valence-corrected chi connectivity index (χ1v) is 9.36. The first-order chi connectivity index (χ1) is 10.3. The number of thiol groups is 1. The molecule has 0 atom stereocenters. The minimum absolute atomic E-state index is 0.0809. The van der Waals surface area contributed by atoms with Crippen molar-refractivity contribution in [3.05, 3.63) is 12.2 Å². The van der Waals surface area contributed by atoms with Crippen LogP contribution in [0.25, 0.3) is 0 Å². The fourth-order valence-corrected chi connectivity index (χ4v) is 2.31. The molecular weight excluding hydrogens is 280 g/mol. The van der Waals surface area contributed by atoms with E-state index in [0.29, 0.717) is 18.8 Å². The maximum atomic E-state index is 11.2. The Bertz CT molecular complexity index is 252. The van der Waals surface area contributed by atoms with Crippen molar-refractivity contribution in [2.24, 2.45) is 0 Å². The molecule has 0 amide bonds. The molecular formula is C18H34O2S. The van der Waals surface area contributed by atoms with Crippen LogP contribution < -0.4 is 0 Å². The Morgan fingerprint density at radius 2 is 1.48 bits per heavy atom. The minimum Gasteiger partial charge on any atom is -0.465 e. The van der Waals surface area contributed by atoms with Crippen LogP contribution in [0.3, 0.4) is 0 Å². The third kappa shape index (κ3) is 17.5. The number of unbranched alkanes of at least 4 members (excludes halogenated alkanes) is 9. The third-order valence-electron chi connectivity index (χ3n) is 3.50. The number of carbonyl (C=O) groups is 1. The fraction of sp³-hybridized carbons (Fsp3) is 0.833. The van der Waals surface area contributed by atoms with Gasteiger partial charge in [-0.3, -0.25) is 4.79 Å². The summed E-state index contributed by atoms with van der Waals surface area (Å²) >= 11 is 4.00. The van der Waals surface area contributed by atoms with Gasteiger partial charge in [0.25, 0.3) is 0 Å². The average Bonchev–Trinajstić information content (AvgIpc) is 2.49. The van der Waals surface area contributed by atoms with E-state index in [-0.39, 0.29) is 5.97 Å². The number of hydrogen-bond donors (Lipinski definition) is 1. The summed E-state index contributed by atoms with van der Waals surface area (Å²) in [6.07, 6.45) is 19.0. The van der Waals surface area contributed by atoms with Gasteiger partial charge in [-0.15, -0.1) is 0 Å². The quantitative estimate of drug-likeness (QED) is 0.181. The number of hydrogen-bond acceptors (Lipinski definition) is 3. The Labute approximate surface area is 137 Å². The van der Waals surface area contributed by atoms with Crippen molar-refractivity contribution in [1.82, 2.24) is 0 Å². The highest BCUT2D eigenvalue weighted by Gasteiger charge is 2.00. The molecule has 0 aromatic heterocycles. The second kappa shape index (κ2) is 17.6. The number of ether oxygens (including phenoxy) is 1. The van der Waals surface area contributed by atoms with Crippen LogP contribution in [0.15, 0.2) is 12.2 Å². The zero-order chi connectivity index (χ0) is 15.6. The first-order valence-electron chi connectivity index (χ1n) is 8.72. The van der Waals surface area contributed by atoms with E-state index in [4.69, 9.17) is 4.74 Å². The van der Waals surface area contributed by atoms with E-state index in [9.17, 15) is 4.79 Å². The summed E-state index contributed by atoms with van der Waals surface area (Å²) in [6, 6.07) is 0. The van der Waals surface area contributed by atoms with Crippen molar-refractivity contribution in [2.45, 2.75) is 84.0 Å². The van der Waals surface area contributed by atoms with Crippen molar-refractivity contribution in [3.63, 3.8) is 0 Å². The van der Waals surface area contributed by atoms with Crippen molar-refractivity contribution in [3.8, 4) is 0 Å². The molecule has 0 aliphatic heterocycles. The van der Waals surface area contributed by atoms with E-state index < -0.39 is 0 Å². The Balaban J connectivity index is 3.16. The second-order valence-electron chi connectivity index (χ2n) is 5.57. The van der Waals surface area contributed by atoms with E-state index in [1.165, 1.54) is 51.4 Å². The molecule has 0 bridgehead atoms. The normalized spacial score (nSPS) is 11.1. The summed E-state index contributed by atoms with van der Waals surface area (Å²) < 4.78 is 4.97. The predicted octanol–water partition coefficient (Wildman–Crippen LogP) is 5.72. The SMILES string of the molecule is CCCCCCCC/C=C/CCCCCC(=O)OCCS. The maximum absolute atomic E-state index is 11.2. The lowest BCUT2D eigenvalue weighted by Gasteiger charge is -2.02. The van der Waals surface area contributed by atoms with Gasteiger partial charge in [0.15, 0.2) is 0 Å². The number of rotatable bonds is 15. The summed E-state index contributed by atoms with van der Waals surface area (Å²) in [5.41, 5.74) is 0. The molecule has 21 heavy (non-hydrogen) atoms. The van der Waals surface area contributed by atoms with Crippen LogP contribution in [0.1, 0.15) is 84.0 Å². The molecule has 2 nitrogen and oxygen atoms in total. The van der Waals surface area contributed by atoms with Crippen LogP contribution in [0.5, 0.6) is 0 Å². The maximum Gasteiger partial charge on any atom is 0.305 e. The van der Waals surface area contributed by atoms with Gasteiger partial charge < -0.3 is 4.74 Å². The Kier molecular flexibility index (Phi) is 17.2. The lowest BCUT2D eigenvalue weighted by Crippen LogP contribution is -2.06. The van der Waals surface area contributed by atoms with Gasteiger partial charge in [-0.2, -0.15) is 12.6 Å². The van der Waals surface area contributed by atoms with Crippen LogP contribution in [0.2, 0.25) is 0 Å². The zero-order valence-electron chi connectivity index (χ0n) is 13.8. The molecule has 0 aliphatic carbocycles. The molecule has 0 rings (SSSR count). The number of carbonyl (C=O) groups excluding carboxylic acids is 1. The molecule has 0 fully saturated rings. The van der Waals surface area contributed by atoms with E-state index >= 15 is 0 Å². The van der Waals surface area contributed by atoms with Gasteiger partial charge in [0.05, 0.1) is 0 Å². The van der Waals surface area contributed by atoms with E-state index in [0.717, 1.165) is 19.3 Å². The van der Waals surface area contributed by atoms with Crippen molar-refractivity contribution in [1.29, 1.82) is 0 Å². The average molecular weight is 315 g/mol. The highest BCUT2D eigenvalue weighted by atomic mass is 32.1. The Hall–Kier alpha value is -0.440. The summed E-state index contributed by atoms with van der Waals surface area (Å²) in [4.78, 5) is 11.2. The smallest absolute Gasteiger partial charge is 0.305 e. The molecule has 0 radical (unpaired) electrons. The highest BCUT2D eigenvalue weighted by molar-refractivity contribution is 7.80. The Morgan fingerprint density at radius 1 is 0.905 bits per heavy atom. The standard InChI is InChI=1S/C18H34O2S/c1-2-3-4-5-6-7-8-9-10-11-12-13-14-15-18(19)20-16-17-21/h9-10,21H,2-8,11-17H2,1H3/b10-9+. The van der Waals surface area contributed by atoms with E-state index in [2.05, 4.69) is 31.7 Å². The second-order valence-corrected chi connectivity index (χ2v) is 6.02. The lowest BCUT2D eigenvalue weighted by atomic mass is 10.1. The molecule has 0 unspecified atom stereocenters. The lowest BCUT2D eigenvalue weighted by molar-refractivity contribution is -0.143. The highest BCUT2D eigenvalue weighted by Crippen LogP contribution is 2.08. The van der Waals surface area contributed by atoms with Gasteiger partial charge in [0, 0.05) is 12.2 Å². The zero-order valence-corrected chi connectivity index (χ0v) is 14.7. The van der Waals surface area contributed by atoms with Crippen molar-refractivity contribution < 1.29 is 9.53 Å². The molecule has 3 heteroatoms. The van der Waals surface area contributed by atoms with Gasteiger partial charge in [-0.1, -0.05) is 57.6 Å². The topological polar surface area (TPSA) is 26.3 Å². The van der Waals surface area contributed by atoms with Crippen LogP contribution in [0, 0.1) is 0 Å². The first kappa shape index (κ1) is 20.6. The van der Waals surface area contributed by atoms with Crippen LogP contribution in [-0.2, 0) is 9.53 Å². The monoisotopic (exact) mass is 314 g/mol. The van der Waals surface area contributed by atoms with Gasteiger partial charge in [-0.05, 0) is 32.1 Å². The molecule has 0 saturated carbocycles. The van der Waals surface area contributed by atoms with Crippen molar-refractivity contribution in [2.75, 3.05) is 12.4 Å². The summed E-state index contributed by atoms with van der Waals surface area (Å²) in [5, 5.41) is 0. The van der Waals surface area contributed by atoms with E-state index in [1.54, 1.807) is 0 Å². The Morgan fingerprint density at radius 3 is 2.10 bits per heavy atom. The fourth-order valence-electron chi connectivity index (χ4n) is 2.22. The van der Waals surface area contributed by atoms with Crippen LogP contribution in [0.4, 0.5) is 0 Å². The third-order valence-corrected chi connectivity index (χ3v) is 3.68. The number of allylic oxidation sites excluding steroid dienone is 2. The summed E-state index contributed by atoms with van der Waals surface area (Å²) in [6.45, 7) is 2.69. The van der Waals surface area contributed by atoms with Gasteiger partial charge in [0.1, 0.15) is 6.61 Å². The molecule has 0 aromatic rings. The summed E-state index contributed by atoms with van der Waals surface area (Å²) in [7, 11) is 0. The van der Waals surface area contributed by atoms with E-state index in [1.807, 2.05) is 0 Å². The molecule has 124 valence electrons. The molecule has 0 aromatic carbocycles. The van der Waals surface area contributed by atoms with Crippen molar-refractivity contribution >= 4 is 18.6 Å². The summed E-state index contributed by atoms with van der Waals surface area (Å²) in [5.74, 6) is 0.525. The molecule has 0 heterocycles. The molecule has 0 aliphatic rings. The molecule has 0 spiro atoms. The van der Waals surface area contributed by atoms with Gasteiger partial charge in [0.2, 0.25) is 0 Å². The molecule has 0 N–H and O–H groups in total. The predicted molar refractivity (Wildman–Crippen MR) is 95.0 cm³/mol. The molecule has 0 saturated heterocycles. The minimum atomic E-state index is -0.0809. The number of esters is 1. The van der Waals surface area contributed by atoms with Gasteiger partial charge in [-0.25, -0.2) is 0 Å². The van der Waals surface area contributed by atoms with Gasteiger partial charge >= 0.3 is 5.97 Å². The van der Waals surface area contributed by atoms with Crippen LogP contribution in [-0.4, -0.2) is 18.3 Å². The van der Waals surface area contributed by atoms with Crippen LogP contribution >= 0.6 is 12.6 Å². The largest absolute Gasteiger partial charge is 0.465 e.